The van der Waals surface area contributed by atoms with Crippen LogP contribution in [0.15, 0.2) is 78.9 Å². The van der Waals surface area contributed by atoms with E-state index >= 15 is 0 Å². The van der Waals surface area contributed by atoms with Gasteiger partial charge in [0, 0.05) is 0 Å². The Balaban J connectivity index is 1.85. The fraction of sp³-hybridized carbons (Fsp3) is 0. The van der Waals surface area contributed by atoms with Crippen molar-refractivity contribution in [3.63, 3.8) is 0 Å². The second-order valence-corrected chi connectivity index (χ2v) is 5.12. The van der Waals surface area contributed by atoms with Gasteiger partial charge < -0.3 is 14.6 Å². The number of hydrogen-bond donors (Lipinski definition) is 1. The van der Waals surface area contributed by atoms with Crippen LogP contribution < -0.4 is 9.47 Å². The first-order valence-electron chi connectivity index (χ1n) is 7.51. The molecule has 0 aliphatic rings. The lowest BCUT2D eigenvalue weighted by molar-refractivity contribution is 0.0678. The summed E-state index contributed by atoms with van der Waals surface area (Å²) in [5.74, 6) is -1.84. The first-order chi connectivity index (χ1) is 12.1. The number of phenols is 1. The Bertz CT molecular complexity index is 888. The average Bonchev–Trinajstić information content (AvgIpc) is 2.66. The zero-order valence-corrected chi connectivity index (χ0v) is 13.1. The lowest BCUT2D eigenvalue weighted by atomic mass is 10.2. The topological polar surface area (TPSA) is 72.8 Å². The zero-order valence-electron chi connectivity index (χ0n) is 13.1. The monoisotopic (exact) mass is 334 g/mol. The second kappa shape index (κ2) is 7.31. The summed E-state index contributed by atoms with van der Waals surface area (Å²) in [5.41, 5.74) is 0.650. The Morgan fingerprint density at radius 3 is 1.72 bits per heavy atom. The van der Waals surface area contributed by atoms with Crippen molar-refractivity contribution >= 4 is 11.9 Å². The lowest BCUT2D eigenvalue weighted by Crippen LogP contribution is -2.12. The van der Waals surface area contributed by atoms with Crippen molar-refractivity contribution in [3.8, 4) is 17.2 Å². The van der Waals surface area contributed by atoms with Gasteiger partial charge in [0.05, 0.1) is 11.1 Å². The third-order valence-electron chi connectivity index (χ3n) is 3.37. The summed E-state index contributed by atoms with van der Waals surface area (Å²) >= 11 is 0. The number of ether oxygens (including phenoxy) is 2. The molecule has 3 aromatic carbocycles. The molecular formula is C20H14O5. The summed E-state index contributed by atoms with van der Waals surface area (Å²) in [7, 11) is 0. The third kappa shape index (κ3) is 3.84. The highest BCUT2D eigenvalue weighted by molar-refractivity contribution is 5.93. The average molecular weight is 334 g/mol. The van der Waals surface area contributed by atoms with Crippen molar-refractivity contribution in [2.24, 2.45) is 0 Å². The van der Waals surface area contributed by atoms with Crippen LogP contribution in [-0.4, -0.2) is 17.0 Å². The minimum absolute atomic E-state index is 0.0434. The van der Waals surface area contributed by atoms with Crippen molar-refractivity contribution in [1.82, 2.24) is 0 Å². The van der Waals surface area contributed by atoms with Crippen LogP contribution in [0.5, 0.6) is 17.2 Å². The smallest absolute Gasteiger partial charge is 0.343 e. The zero-order chi connectivity index (χ0) is 17.6. The lowest BCUT2D eigenvalue weighted by Gasteiger charge is -2.12. The van der Waals surface area contributed by atoms with Crippen LogP contribution in [0.3, 0.4) is 0 Å². The van der Waals surface area contributed by atoms with E-state index in [0.29, 0.717) is 11.1 Å². The van der Waals surface area contributed by atoms with Gasteiger partial charge in [-0.3, -0.25) is 0 Å². The van der Waals surface area contributed by atoms with Gasteiger partial charge in [0.25, 0.3) is 0 Å². The van der Waals surface area contributed by atoms with Crippen molar-refractivity contribution in [3.05, 3.63) is 90.0 Å². The summed E-state index contributed by atoms with van der Waals surface area (Å²) in [4.78, 5) is 24.4. The quantitative estimate of drug-likeness (QED) is 0.580. The molecule has 0 aromatic heterocycles. The van der Waals surface area contributed by atoms with Gasteiger partial charge in [-0.05, 0) is 36.4 Å². The number of phenolic OH excluding ortho intramolecular Hbond substituents is 1. The number of rotatable bonds is 4. The molecule has 0 spiro atoms. The summed E-state index contributed by atoms with van der Waals surface area (Å²) in [6.07, 6.45) is 0. The highest BCUT2D eigenvalue weighted by Gasteiger charge is 2.19. The molecule has 0 unspecified atom stereocenters. The number of aromatic hydroxyl groups is 1. The Kier molecular flexibility index (Phi) is 4.76. The number of carbonyl (C=O) groups excluding carboxylic acids is 2. The highest BCUT2D eigenvalue weighted by atomic mass is 16.6. The minimum Gasteiger partial charge on any atom is -0.504 e. The molecular weight excluding hydrogens is 320 g/mol. The van der Waals surface area contributed by atoms with Gasteiger partial charge in [0.15, 0.2) is 11.5 Å². The standard InChI is InChI=1S/C20H14O5/c21-16-12-7-13-17(24-19(22)14-8-3-1-4-9-14)18(16)25-20(23)15-10-5-2-6-11-15/h1-13,21H. The Morgan fingerprint density at radius 2 is 1.16 bits per heavy atom. The van der Waals surface area contributed by atoms with E-state index < -0.39 is 11.9 Å². The fourth-order valence-electron chi connectivity index (χ4n) is 2.15. The molecule has 0 aliphatic heterocycles. The summed E-state index contributed by atoms with van der Waals surface area (Å²) in [6.45, 7) is 0. The van der Waals surface area contributed by atoms with E-state index in [1.165, 1.54) is 18.2 Å². The molecule has 0 saturated heterocycles. The molecule has 0 aliphatic carbocycles. The van der Waals surface area contributed by atoms with Crippen LogP contribution in [-0.2, 0) is 0 Å². The molecule has 0 radical (unpaired) electrons. The maximum atomic E-state index is 12.2. The van der Waals surface area contributed by atoms with Crippen LogP contribution in [0.1, 0.15) is 20.7 Å². The molecule has 0 amide bonds. The van der Waals surface area contributed by atoms with Crippen LogP contribution in [0.4, 0.5) is 0 Å². The Labute approximate surface area is 144 Å². The van der Waals surface area contributed by atoms with E-state index in [-0.39, 0.29) is 17.2 Å². The molecule has 5 nitrogen and oxygen atoms in total. The summed E-state index contributed by atoms with van der Waals surface area (Å²) in [5, 5.41) is 10.0. The van der Waals surface area contributed by atoms with Crippen molar-refractivity contribution in [2.45, 2.75) is 0 Å². The normalized spacial score (nSPS) is 10.1. The van der Waals surface area contributed by atoms with Gasteiger partial charge in [-0.15, -0.1) is 0 Å². The van der Waals surface area contributed by atoms with E-state index in [1.54, 1.807) is 60.7 Å². The van der Waals surface area contributed by atoms with Crippen molar-refractivity contribution < 1.29 is 24.2 Å². The van der Waals surface area contributed by atoms with Gasteiger partial charge in [-0.1, -0.05) is 42.5 Å². The number of para-hydroxylation sites is 1. The molecule has 3 aromatic rings. The number of carbonyl (C=O) groups is 2. The van der Waals surface area contributed by atoms with Crippen LogP contribution in [0.2, 0.25) is 0 Å². The molecule has 5 heteroatoms. The van der Waals surface area contributed by atoms with Crippen LogP contribution >= 0.6 is 0 Å². The molecule has 25 heavy (non-hydrogen) atoms. The van der Waals surface area contributed by atoms with E-state index in [2.05, 4.69) is 0 Å². The number of esters is 2. The van der Waals surface area contributed by atoms with E-state index in [4.69, 9.17) is 9.47 Å². The summed E-state index contributed by atoms with van der Waals surface area (Å²) in [6, 6.07) is 21.0. The highest BCUT2D eigenvalue weighted by Crippen LogP contribution is 2.37. The Morgan fingerprint density at radius 1 is 0.640 bits per heavy atom. The van der Waals surface area contributed by atoms with E-state index in [9.17, 15) is 14.7 Å². The first-order valence-corrected chi connectivity index (χ1v) is 7.51. The van der Waals surface area contributed by atoms with Gasteiger partial charge in [-0.25, -0.2) is 9.59 Å². The molecule has 124 valence electrons. The molecule has 1 N–H and O–H groups in total. The summed E-state index contributed by atoms with van der Waals surface area (Å²) < 4.78 is 10.5. The predicted octanol–water partition coefficient (Wildman–Crippen LogP) is 3.83. The van der Waals surface area contributed by atoms with Crippen molar-refractivity contribution in [2.75, 3.05) is 0 Å². The van der Waals surface area contributed by atoms with Gasteiger partial charge in [0.2, 0.25) is 5.75 Å². The first kappa shape index (κ1) is 16.3. The molecule has 0 heterocycles. The number of benzene rings is 3. The maximum absolute atomic E-state index is 12.2. The third-order valence-corrected chi connectivity index (χ3v) is 3.37. The molecule has 3 rings (SSSR count). The number of hydrogen-bond acceptors (Lipinski definition) is 5. The van der Waals surface area contributed by atoms with E-state index in [1.807, 2.05) is 0 Å². The molecule has 0 saturated carbocycles. The van der Waals surface area contributed by atoms with Crippen LogP contribution in [0.25, 0.3) is 0 Å². The SMILES string of the molecule is O=C(Oc1cccc(O)c1OC(=O)c1ccccc1)c1ccccc1. The molecule has 0 fully saturated rings. The fourth-order valence-corrected chi connectivity index (χ4v) is 2.15. The van der Waals surface area contributed by atoms with Crippen molar-refractivity contribution in [1.29, 1.82) is 0 Å². The van der Waals surface area contributed by atoms with Gasteiger partial charge in [-0.2, -0.15) is 0 Å². The van der Waals surface area contributed by atoms with E-state index in [0.717, 1.165) is 0 Å². The second-order valence-electron chi connectivity index (χ2n) is 5.12. The molecule has 0 bridgehead atoms. The Hall–Kier alpha value is -3.60. The van der Waals surface area contributed by atoms with Gasteiger partial charge in [0.1, 0.15) is 0 Å². The van der Waals surface area contributed by atoms with Gasteiger partial charge >= 0.3 is 11.9 Å². The minimum atomic E-state index is -0.667. The van der Waals surface area contributed by atoms with Crippen LogP contribution in [0, 0.1) is 0 Å². The molecule has 0 atom stereocenters. The predicted molar refractivity (Wildman–Crippen MR) is 90.9 cm³/mol. The maximum Gasteiger partial charge on any atom is 0.343 e. The largest absolute Gasteiger partial charge is 0.504 e.